The molecule has 2 fully saturated rings. The molecule has 1 unspecified atom stereocenters. The van der Waals surface area contributed by atoms with Crippen molar-refractivity contribution in [3.05, 3.63) is 47.7 Å². The molecule has 3 N–H and O–H groups in total. The average Bonchev–Trinajstić information content (AvgIpc) is 3.48. The summed E-state index contributed by atoms with van der Waals surface area (Å²) in [5, 5.41) is 2.90. The van der Waals surface area contributed by atoms with Crippen molar-refractivity contribution in [3.8, 4) is 0 Å². The first kappa shape index (κ1) is 22.8. The third kappa shape index (κ3) is 4.55. The normalized spacial score (nSPS) is 18.1. The van der Waals surface area contributed by atoms with Crippen LogP contribution in [0.4, 0.5) is 11.6 Å². The van der Waals surface area contributed by atoms with E-state index in [0.717, 1.165) is 32.4 Å². The van der Waals surface area contributed by atoms with Gasteiger partial charge in [-0.2, -0.15) is 0 Å². The van der Waals surface area contributed by atoms with Crippen LogP contribution in [0.3, 0.4) is 0 Å². The molecule has 2 aliphatic rings. The molecule has 4 heterocycles. The van der Waals surface area contributed by atoms with Crippen LogP contribution in [0, 0.1) is 0 Å². The number of pyridine rings is 1. The van der Waals surface area contributed by atoms with Crippen LogP contribution in [-0.4, -0.2) is 68.2 Å². The highest BCUT2D eigenvalue weighted by molar-refractivity contribution is 6.04. The molecule has 2 aromatic heterocycles. The van der Waals surface area contributed by atoms with Gasteiger partial charge in [0.05, 0.1) is 11.6 Å². The number of likely N-dealkylation sites (tertiary alicyclic amines) is 2. The number of nitrogens with two attached hydrogens (primary N) is 1. The summed E-state index contributed by atoms with van der Waals surface area (Å²) >= 11 is 0. The fourth-order valence-corrected chi connectivity index (χ4v) is 4.90. The fraction of sp³-hybridized carbons (Fsp3) is 0.400. The summed E-state index contributed by atoms with van der Waals surface area (Å²) in [6, 6.07) is 8.35. The highest BCUT2D eigenvalue weighted by Crippen LogP contribution is 2.30. The molecule has 1 atom stereocenters. The lowest BCUT2D eigenvalue weighted by molar-refractivity contribution is -0.127. The van der Waals surface area contributed by atoms with E-state index in [9.17, 15) is 14.4 Å². The summed E-state index contributed by atoms with van der Waals surface area (Å²) in [6.45, 7) is 4.16. The first-order valence-electron chi connectivity index (χ1n) is 12.0. The van der Waals surface area contributed by atoms with Crippen LogP contribution in [0.5, 0.6) is 0 Å². The zero-order valence-electron chi connectivity index (χ0n) is 19.7. The lowest BCUT2D eigenvalue weighted by Crippen LogP contribution is -2.35. The number of aromatic nitrogens is 3. The molecule has 3 amide bonds. The van der Waals surface area contributed by atoms with Crippen LogP contribution < -0.4 is 11.1 Å². The Kier molecular flexibility index (Phi) is 6.10. The summed E-state index contributed by atoms with van der Waals surface area (Å²) in [6.07, 6.45) is 5.44. The zero-order chi connectivity index (χ0) is 24.5. The number of carbonyl (C=O) groups is 3. The van der Waals surface area contributed by atoms with E-state index in [1.165, 1.54) is 0 Å². The van der Waals surface area contributed by atoms with Gasteiger partial charge in [-0.1, -0.05) is 6.07 Å². The third-order valence-corrected chi connectivity index (χ3v) is 6.77. The minimum Gasteiger partial charge on any atom is -0.399 e. The summed E-state index contributed by atoms with van der Waals surface area (Å²) in [5.74, 6) is -0.0648. The topological polar surface area (TPSA) is 126 Å². The number of rotatable bonds is 4. The maximum atomic E-state index is 13.0. The van der Waals surface area contributed by atoms with Crippen molar-refractivity contribution in [2.24, 2.45) is 0 Å². The molecule has 10 nitrogen and oxygen atoms in total. The highest BCUT2D eigenvalue weighted by atomic mass is 16.2. The van der Waals surface area contributed by atoms with Gasteiger partial charge in [0.15, 0.2) is 5.65 Å². The van der Waals surface area contributed by atoms with E-state index in [4.69, 9.17) is 5.73 Å². The lowest BCUT2D eigenvalue weighted by Gasteiger charge is -2.26. The first-order chi connectivity index (χ1) is 16.9. The maximum absolute atomic E-state index is 13.0. The van der Waals surface area contributed by atoms with Crippen LogP contribution in [-0.2, 0) is 4.79 Å². The zero-order valence-corrected chi connectivity index (χ0v) is 19.7. The van der Waals surface area contributed by atoms with Gasteiger partial charge in [-0.05, 0) is 49.9 Å². The third-order valence-electron chi connectivity index (χ3n) is 6.77. The Morgan fingerprint density at radius 3 is 2.54 bits per heavy atom. The van der Waals surface area contributed by atoms with Crippen molar-refractivity contribution >= 4 is 40.5 Å². The number of imidazole rings is 1. The number of fused-ring (bicyclic) bond motifs is 1. The summed E-state index contributed by atoms with van der Waals surface area (Å²) in [4.78, 5) is 50.9. The Balaban J connectivity index is 1.51. The minimum atomic E-state index is -0.347. The molecule has 0 saturated carbocycles. The van der Waals surface area contributed by atoms with E-state index in [1.54, 1.807) is 48.4 Å². The molecule has 35 heavy (non-hydrogen) atoms. The number of nitrogen functional groups attached to an aromatic ring is 1. The summed E-state index contributed by atoms with van der Waals surface area (Å²) in [7, 11) is 0. The SMILES string of the molecule is CC(=O)N1CCC(n2c(NC(=O)c3cccc(N)c3)nc3cc(C(=O)N4CCCCC4)cnc32)C1. The first-order valence-corrected chi connectivity index (χ1v) is 12.0. The number of hydrogen-bond acceptors (Lipinski definition) is 6. The molecule has 3 aromatic rings. The Morgan fingerprint density at radius 1 is 1.03 bits per heavy atom. The van der Waals surface area contributed by atoms with Crippen molar-refractivity contribution in [2.45, 2.75) is 38.6 Å². The second-order valence-corrected chi connectivity index (χ2v) is 9.21. The number of nitrogens with one attached hydrogen (secondary N) is 1. The van der Waals surface area contributed by atoms with Gasteiger partial charge >= 0.3 is 0 Å². The Bertz CT molecular complexity index is 1300. The van der Waals surface area contributed by atoms with E-state index in [1.807, 2.05) is 9.47 Å². The average molecular weight is 476 g/mol. The lowest BCUT2D eigenvalue weighted by atomic mass is 10.1. The highest BCUT2D eigenvalue weighted by Gasteiger charge is 2.30. The molecule has 182 valence electrons. The molecule has 5 rings (SSSR count). The van der Waals surface area contributed by atoms with Gasteiger partial charge in [0, 0.05) is 50.6 Å². The van der Waals surface area contributed by atoms with Crippen molar-refractivity contribution in [2.75, 3.05) is 37.2 Å². The number of benzene rings is 1. The predicted octanol–water partition coefficient (Wildman–Crippen LogP) is 2.69. The molecular weight excluding hydrogens is 446 g/mol. The van der Waals surface area contributed by atoms with Crippen molar-refractivity contribution in [1.82, 2.24) is 24.3 Å². The number of piperidine rings is 1. The molecule has 0 bridgehead atoms. The van der Waals surface area contributed by atoms with E-state index < -0.39 is 0 Å². The van der Waals surface area contributed by atoms with Crippen molar-refractivity contribution in [1.29, 1.82) is 0 Å². The molecule has 0 spiro atoms. The number of anilines is 2. The quantitative estimate of drug-likeness (QED) is 0.559. The van der Waals surface area contributed by atoms with Gasteiger partial charge in [-0.25, -0.2) is 9.97 Å². The number of hydrogen-bond donors (Lipinski definition) is 2. The van der Waals surface area contributed by atoms with Gasteiger partial charge in [-0.15, -0.1) is 0 Å². The van der Waals surface area contributed by atoms with E-state index in [2.05, 4.69) is 15.3 Å². The fourth-order valence-electron chi connectivity index (χ4n) is 4.90. The smallest absolute Gasteiger partial charge is 0.258 e. The molecule has 2 aliphatic heterocycles. The van der Waals surface area contributed by atoms with E-state index >= 15 is 0 Å². The van der Waals surface area contributed by atoms with Crippen LogP contribution in [0.1, 0.15) is 59.4 Å². The van der Waals surface area contributed by atoms with Crippen LogP contribution in [0.2, 0.25) is 0 Å². The number of nitrogens with zero attached hydrogens (tertiary/aromatic N) is 5. The number of amides is 3. The maximum Gasteiger partial charge on any atom is 0.258 e. The largest absolute Gasteiger partial charge is 0.399 e. The Morgan fingerprint density at radius 2 is 1.83 bits per heavy atom. The monoisotopic (exact) mass is 475 g/mol. The van der Waals surface area contributed by atoms with Gasteiger partial charge in [0.1, 0.15) is 5.52 Å². The van der Waals surface area contributed by atoms with Gasteiger partial charge in [0.25, 0.3) is 11.8 Å². The predicted molar refractivity (Wildman–Crippen MR) is 132 cm³/mol. The van der Waals surface area contributed by atoms with Crippen molar-refractivity contribution in [3.63, 3.8) is 0 Å². The number of carbonyl (C=O) groups excluding carboxylic acids is 3. The minimum absolute atomic E-state index is 0.00430. The Hall–Kier alpha value is -3.95. The molecule has 1 aromatic carbocycles. The second-order valence-electron chi connectivity index (χ2n) is 9.21. The van der Waals surface area contributed by atoms with Crippen molar-refractivity contribution < 1.29 is 14.4 Å². The molecule has 10 heteroatoms. The van der Waals surface area contributed by atoms with Gasteiger partial charge < -0.3 is 15.5 Å². The molecule has 0 radical (unpaired) electrons. The standard InChI is InChI=1S/C25H29N7O3/c1-16(33)31-11-8-20(15-31)32-22-21(13-18(14-27-22)24(35)30-9-3-2-4-10-30)28-25(32)29-23(34)17-6-5-7-19(26)12-17/h5-7,12-14,20H,2-4,8-11,15,26H2,1H3,(H,28,29,34). The van der Waals surface area contributed by atoms with E-state index in [0.29, 0.717) is 53.4 Å². The second kappa shape index (κ2) is 9.36. The van der Waals surface area contributed by atoms with Gasteiger partial charge in [0.2, 0.25) is 11.9 Å². The van der Waals surface area contributed by atoms with Crippen LogP contribution in [0.25, 0.3) is 11.2 Å². The van der Waals surface area contributed by atoms with Gasteiger partial charge in [-0.3, -0.25) is 24.3 Å². The Labute approximate surface area is 203 Å². The molecule has 2 saturated heterocycles. The van der Waals surface area contributed by atoms with Crippen LogP contribution >= 0.6 is 0 Å². The summed E-state index contributed by atoms with van der Waals surface area (Å²) < 4.78 is 1.87. The van der Waals surface area contributed by atoms with E-state index in [-0.39, 0.29) is 23.8 Å². The molecular formula is C25H29N7O3. The summed E-state index contributed by atoms with van der Waals surface area (Å²) in [5.41, 5.74) is 8.32. The molecule has 0 aliphatic carbocycles. The van der Waals surface area contributed by atoms with Crippen LogP contribution in [0.15, 0.2) is 36.5 Å².